The van der Waals surface area contributed by atoms with Crippen LogP contribution in [0.15, 0.2) is 6.07 Å². The number of aromatic nitrogens is 2. The van der Waals surface area contributed by atoms with Crippen molar-refractivity contribution in [3.63, 3.8) is 0 Å². The molecule has 0 aliphatic carbocycles. The van der Waals surface area contributed by atoms with E-state index >= 15 is 0 Å². The van der Waals surface area contributed by atoms with Crippen LogP contribution in [0.4, 0.5) is 17.6 Å². The molecule has 0 saturated heterocycles. The van der Waals surface area contributed by atoms with E-state index in [1.54, 1.807) is 6.07 Å². The van der Waals surface area contributed by atoms with Crippen LogP contribution in [0.2, 0.25) is 0 Å². The van der Waals surface area contributed by atoms with E-state index in [0.717, 1.165) is 6.54 Å². The smallest absolute Gasteiger partial charge is 0.223 e. The van der Waals surface area contributed by atoms with Gasteiger partial charge in [0, 0.05) is 19.2 Å². The van der Waals surface area contributed by atoms with Gasteiger partial charge in [-0.2, -0.15) is 15.2 Å². The van der Waals surface area contributed by atoms with Crippen LogP contribution in [0.1, 0.15) is 13.8 Å². The summed E-state index contributed by atoms with van der Waals surface area (Å²) in [5.41, 5.74) is 11.1. The zero-order valence-corrected chi connectivity index (χ0v) is 9.51. The van der Waals surface area contributed by atoms with E-state index in [0.29, 0.717) is 18.2 Å². The molecule has 0 spiro atoms. The second kappa shape index (κ2) is 5.16. The van der Waals surface area contributed by atoms with Gasteiger partial charge in [0.2, 0.25) is 5.95 Å². The lowest BCUT2D eigenvalue weighted by molar-refractivity contribution is 0.679. The summed E-state index contributed by atoms with van der Waals surface area (Å²) < 4.78 is 0. The minimum absolute atomic E-state index is 0.0719. The fourth-order valence-electron chi connectivity index (χ4n) is 1.39. The minimum Gasteiger partial charge on any atom is -0.383 e. The van der Waals surface area contributed by atoms with Crippen LogP contribution in [0, 0.1) is 17.2 Å². The molecule has 6 nitrogen and oxygen atoms in total. The quantitative estimate of drug-likeness (QED) is 0.771. The zero-order chi connectivity index (χ0) is 12.1. The maximum atomic E-state index is 8.78. The normalized spacial score (nSPS) is 11.8. The summed E-state index contributed by atoms with van der Waals surface area (Å²) in [6.07, 6.45) is 0. The van der Waals surface area contributed by atoms with Gasteiger partial charge in [-0.3, -0.25) is 0 Å². The van der Waals surface area contributed by atoms with Crippen molar-refractivity contribution < 1.29 is 0 Å². The highest BCUT2D eigenvalue weighted by Gasteiger charge is 2.11. The van der Waals surface area contributed by atoms with Crippen molar-refractivity contribution in [1.29, 1.82) is 5.26 Å². The summed E-state index contributed by atoms with van der Waals surface area (Å²) in [6.45, 7) is 5.18. The molecular weight excluding hydrogens is 204 g/mol. The molecule has 0 aliphatic heterocycles. The van der Waals surface area contributed by atoms with Gasteiger partial charge >= 0.3 is 0 Å². The van der Waals surface area contributed by atoms with Crippen LogP contribution in [0.3, 0.4) is 0 Å². The number of nitriles is 1. The molecule has 1 rings (SSSR count). The molecule has 86 valence electrons. The highest BCUT2D eigenvalue weighted by molar-refractivity contribution is 5.50. The van der Waals surface area contributed by atoms with E-state index < -0.39 is 0 Å². The fraction of sp³-hybridized carbons (Fsp3) is 0.500. The Morgan fingerprint density at radius 2 is 2.19 bits per heavy atom. The van der Waals surface area contributed by atoms with Crippen molar-refractivity contribution in [2.75, 3.05) is 29.5 Å². The molecule has 0 aliphatic rings. The summed E-state index contributed by atoms with van der Waals surface area (Å²) in [6, 6.07) is 3.84. The number of hydrogen-bond acceptors (Lipinski definition) is 6. The van der Waals surface area contributed by atoms with Gasteiger partial charge in [-0.25, -0.2) is 0 Å². The zero-order valence-electron chi connectivity index (χ0n) is 9.51. The fourth-order valence-corrected chi connectivity index (χ4v) is 1.39. The molecular formula is C10H16N6. The van der Waals surface area contributed by atoms with Gasteiger partial charge in [0.05, 0.1) is 12.0 Å². The van der Waals surface area contributed by atoms with Crippen LogP contribution < -0.4 is 16.4 Å². The van der Waals surface area contributed by atoms with Crippen molar-refractivity contribution >= 4 is 17.6 Å². The molecule has 6 heteroatoms. The van der Waals surface area contributed by atoms with Crippen molar-refractivity contribution in [3.8, 4) is 6.07 Å². The molecule has 16 heavy (non-hydrogen) atoms. The van der Waals surface area contributed by atoms with E-state index in [1.807, 2.05) is 18.7 Å². The Balaban J connectivity index is 2.91. The lowest BCUT2D eigenvalue weighted by Crippen LogP contribution is -2.29. The number of nitrogens with zero attached hydrogens (tertiary/aromatic N) is 4. The van der Waals surface area contributed by atoms with Crippen molar-refractivity contribution in [2.45, 2.75) is 13.8 Å². The number of rotatable bonds is 4. The van der Waals surface area contributed by atoms with Crippen molar-refractivity contribution in [1.82, 2.24) is 9.97 Å². The maximum Gasteiger partial charge on any atom is 0.223 e. The number of hydrogen-bond donors (Lipinski definition) is 2. The number of anilines is 3. The number of nitrogen functional groups attached to an aromatic ring is 2. The van der Waals surface area contributed by atoms with E-state index in [9.17, 15) is 0 Å². The average molecular weight is 220 g/mol. The SMILES string of the molecule is CCN(CC(C)C#N)c1cc(N)nc(N)n1. The first kappa shape index (κ1) is 12.0. The highest BCUT2D eigenvalue weighted by atomic mass is 15.2. The van der Waals surface area contributed by atoms with Gasteiger partial charge in [0.1, 0.15) is 11.6 Å². The Morgan fingerprint density at radius 3 is 2.69 bits per heavy atom. The first-order chi connectivity index (χ1) is 7.56. The topological polar surface area (TPSA) is 105 Å². The van der Waals surface area contributed by atoms with Crippen LogP contribution in [-0.4, -0.2) is 23.1 Å². The average Bonchev–Trinajstić information content (AvgIpc) is 2.24. The Morgan fingerprint density at radius 1 is 1.50 bits per heavy atom. The number of nitrogens with two attached hydrogens (primary N) is 2. The molecule has 1 atom stereocenters. The Bertz CT molecular complexity index is 377. The van der Waals surface area contributed by atoms with Gasteiger partial charge < -0.3 is 16.4 Å². The Labute approximate surface area is 94.9 Å². The standard InChI is InChI=1S/C10H16N6/c1-3-16(6-7(2)5-11)9-4-8(12)14-10(13)15-9/h4,7H,3,6H2,1-2H3,(H4,12,13,14,15). The third-order valence-electron chi connectivity index (χ3n) is 2.17. The van der Waals surface area contributed by atoms with Gasteiger partial charge in [-0.05, 0) is 13.8 Å². The predicted molar refractivity (Wildman–Crippen MR) is 63.5 cm³/mol. The summed E-state index contributed by atoms with van der Waals surface area (Å²) in [4.78, 5) is 9.85. The molecule has 0 fully saturated rings. The molecule has 1 heterocycles. The molecule has 4 N–H and O–H groups in total. The third kappa shape index (κ3) is 2.98. The first-order valence-corrected chi connectivity index (χ1v) is 5.11. The summed E-state index contributed by atoms with van der Waals surface area (Å²) in [5.74, 6) is 1.08. The second-order valence-corrected chi connectivity index (χ2v) is 3.58. The summed E-state index contributed by atoms with van der Waals surface area (Å²) >= 11 is 0. The molecule has 0 bridgehead atoms. The molecule has 1 aromatic heterocycles. The summed E-state index contributed by atoms with van der Waals surface area (Å²) in [7, 11) is 0. The minimum atomic E-state index is -0.0719. The van der Waals surface area contributed by atoms with Gasteiger partial charge in [-0.1, -0.05) is 0 Å². The molecule has 1 unspecified atom stereocenters. The second-order valence-electron chi connectivity index (χ2n) is 3.58. The third-order valence-corrected chi connectivity index (χ3v) is 2.17. The first-order valence-electron chi connectivity index (χ1n) is 5.11. The predicted octanol–water partition coefficient (Wildman–Crippen LogP) is 0.627. The molecule has 1 aromatic rings. The van der Waals surface area contributed by atoms with Crippen molar-refractivity contribution in [3.05, 3.63) is 6.07 Å². The Hall–Kier alpha value is -2.03. The van der Waals surface area contributed by atoms with E-state index in [4.69, 9.17) is 16.7 Å². The Kier molecular flexibility index (Phi) is 3.89. The monoisotopic (exact) mass is 220 g/mol. The van der Waals surface area contributed by atoms with Crippen LogP contribution in [0.5, 0.6) is 0 Å². The molecule has 0 saturated carbocycles. The van der Waals surface area contributed by atoms with Crippen LogP contribution in [-0.2, 0) is 0 Å². The van der Waals surface area contributed by atoms with Crippen LogP contribution in [0.25, 0.3) is 0 Å². The lowest BCUT2D eigenvalue weighted by atomic mass is 10.2. The van der Waals surface area contributed by atoms with Gasteiger partial charge in [0.15, 0.2) is 0 Å². The lowest BCUT2D eigenvalue weighted by Gasteiger charge is -2.23. The molecule has 0 amide bonds. The van der Waals surface area contributed by atoms with Gasteiger partial charge in [0.25, 0.3) is 0 Å². The van der Waals surface area contributed by atoms with E-state index in [-0.39, 0.29) is 11.9 Å². The van der Waals surface area contributed by atoms with Gasteiger partial charge in [-0.15, -0.1) is 0 Å². The highest BCUT2D eigenvalue weighted by Crippen LogP contribution is 2.16. The maximum absolute atomic E-state index is 8.78. The molecule has 0 aromatic carbocycles. The van der Waals surface area contributed by atoms with Crippen LogP contribution >= 0.6 is 0 Å². The largest absolute Gasteiger partial charge is 0.383 e. The summed E-state index contributed by atoms with van der Waals surface area (Å²) in [5, 5.41) is 8.78. The molecule has 0 radical (unpaired) electrons. The van der Waals surface area contributed by atoms with Crippen molar-refractivity contribution in [2.24, 2.45) is 5.92 Å². The van der Waals surface area contributed by atoms with E-state index in [1.165, 1.54) is 0 Å². The van der Waals surface area contributed by atoms with E-state index in [2.05, 4.69) is 16.0 Å².